The van der Waals surface area contributed by atoms with E-state index in [4.69, 9.17) is 23.4 Å². The summed E-state index contributed by atoms with van der Waals surface area (Å²) in [7, 11) is 4.65. The van der Waals surface area contributed by atoms with Crippen LogP contribution in [0.1, 0.15) is 0 Å². The minimum atomic E-state index is 0.393. The van der Waals surface area contributed by atoms with Crippen molar-refractivity contribution in [3.05, 3.63) is 30.5 Å². The molecule has 18 heavy (non-hydrogen) atoms. The SMILES string of the molecule is COc1cc(Oc2ccco2)cc(OC)c1OC. The first-order valence-corrected chi connectivity index (χ1v) is 5.30. The summed E-state index contributed by atoms with van der Waals surface area (Å²) in [6.45, 7) is 0. The molecule has 0 aliphatic heterocycles. The zero-order valence-corrected chi connectivity index (χ0v) is 10.4. The van der Waals surface area contributed by atoms with E-state index in [2.05, 4.69) is 0 Å². The molecule has 2 rings (SSSR count). The third-order valence-corrected chi connectivity index (χ3v) is 2.35. The molecule has 0 saturated carbocycles. The van der Waals surface area contributed by atoms with Gasteiger partial charge in [-0.1, -0.05) is 0 Å². The standard InChI is InChI=1S/C13H14O5/c1-14-10-7-9(18-12-5-4-6-17-12)8-11(15-2)13(10)16-3/h4-8H,1-3H3. The van der Waals surface area contributed by atoms with Gasteiger partial charge in [-0.2, -0.15) is 0 Å². The Morgan fingerprint density at radius 3 is 2.06 bits per heavy atom. The predicted molar refractivity (Wildman–Crippen MR) is 64.9 cm³/mol. The quantitative estimate of drug-likeness (QED) is 0.816. The van der Waals surface area contributed by atoms with Crippen LogP contribution in [0.25, 0.3) is 0 Å². The van der Waals surface area contributed by atoms with Crippen LogP contribution in [0.15, 0.2) is 34.9 Å². The van der Waals surface area contributed by atoms with Crippen LogP contribution in [-0.2, 0) is 0 Å². The smallest absolute Gasteiger partial charge is 0.289 e. The fourth-order valence-corrected chi connectivity index (χ4v) is 1.55. The van der Waals surface area contributed by atoms with Crippen molar-refractivity contribution in [3.63, 3.8) is 0 Å². The number of hydrogen-bond acceptors (Lipinski definition) is 5. The van der Waals surface area contributed by atoms with Crippen LogP contribution in [-0.4, -0.2) is 21.3 Å². The second-order valence-electron chi connectivity index (χ2n) is 3.40. The van der Waals surface area contributed by atoms with Crippen LogP contribution in [0.5, 0.6) is 28.9 Å². The van der Waals surface area contributed by atoms with E-state index in [1.165, 1.54) is 6.26 Å². The number of benzene rings is 1. The Hall–Kier alpha value is -2.30. The Balaban J connectivity index is 2.37. The molecule has 5 heteroatoms. The maximum Gasteiger partial charge on any atom is 0.289 e. The van der Waals surface area contributed by atoms with Crippen LogP contribution in [0.3, 0.4) is 0 Å². The third kappa shape index (κ3) is 2.34. The van der Waals surface area contributed by atoms with E-state index in [0.717, 1.165) is 0 Å². The van der Waals surface area contributed by atoms with Gasteiger partial charge in [0.1, 0.15) is 5.75 Å². The molecule has 0 saturated heterocycles. The van der Waals surface area contributed by atoms with E-state index < -0.39 is 0 Å². The average Bonchev–Trinajstić information content (AvgIpc) is 2.90. The molecular formula is C13H14O5. The summed E-state index contributed by atoms with van der Waals surface area (Å²) in [5.74, 6) is 2.51. The van der Waals surface area contributed by atoms with Gasteiger partial charge in [-0.15, -0.1) is 0 Å². The Kier molecular flexibility index (Phi) is 3.62. The Labute approximate surface area is 105 Å². The molecule has 5 nitrogen and oxygen atoms in total. The summed E-state index contributed by atoms with van der Waals surface area (Å²) in [6, 6.07) is 6.85. The summed E-state index contributed by atoms with van der Waals surface area (Å²) < 4.78 is 26.3. The van der Waals surface area contributed by atoms with Crippen molar-refractivity contribution < 1.29 is 23.4 Å². The Bertz CT molecular complexity index is 479. The molecular weight excluding hydrogens is 236 g/mol. The largest absolute Gasteiger partial charge is 0.493 e. The second-order valence-corrected chi connectivity index (χ2v) is 3.40. The summed E-state index contributed by atoms with van der Waals surface area (Å²) >= 11 is 0. The number of ether oxygens (including phenoxy) is 4. The van der Waals surface area contributed by atoms with Crippen molar-refractivity contribution in [2.24, 2.45) is 0 Å². The Morgan fingerprint density at radius 2 is 1.61 bits per heavy atom. The molecule has 0 radical (unpaired) electrons. The van der Waals surface area contributed by atoms with Crippen molar-refractivity contribution >= 4 is 0 Å². The molecule has 0 aliphatic rings. The van der Waals surface area contributed by atoms with Gasteiger partial charge in [-0.25, -0.2) is 0 Å². The lowest BCUT2D eigenvalue weighted by Gasteiger charge is -2.13. The van der Waals surface area contributed by atoms with Gasteiger partial charge < -0.3 is 23.4 Å². The van der Waals surface area contributed by atoms with Crippen LogP contribution in [0, 0.1) is 0 Å². The molecule has 0 aliphatic carbocycles. The molecule has 2 aromatic rings. The van der Waals surface area contributed by atoms with Crippen molar-refractivity contribution in [2.75, 3.05) is 21.3 Å². The lowest BCUT2D eigenvalue weighted by atomic mass is 10.2. The first-order chi connectivity index (χ1) is 8.78. The van der Waals surface area contributed by atoms with Gasteiger partial charge in [0.05, 0.1) is 27.6 Å². The van der Waals surface area contributed by atoms with Crippen LogP contribution in [0.2, 0.25) is 0 Å². The van der Waals surface area contributed by atoms with Crippen molar-refractivity contribution in [3.8, 4) is 28.9 Å². The second kappa shape index (κ2) is 5.35. The van der Waals surface area contributed by atoms with Gasteiger partial charge in [0.2, 0.25) is 5.75 Å². The molecule has 0 atom stereocenters. The molecule has 96 valence electrons. The highest BCUT2D eigenvalue weighted by molar-refractivity contribution is 5.56. The van der Waals surface area contributed by atoms with Crippen LogP contribution < -0.4 is 18.9 Å². The maximum absolute atomic E-state index is 5.52. The van der Waals surface area contributed by atoms with Crippen LogP contribution >= 0.6 is 0 Å². The van der Waals surface area contributed by atoms with Gasteiger partial charge in [0, 0.05) is 18.2 Å². The monoisotopic (exact) mass is 250 g/mol. The third-order valence-electron chi connectivity index (χ3n) is 2.35. The average molecular weight is 250 g/mol. The topological polar surface area (TPSA) is 50.1 Å². The molecule has 0 unspecified atom stereocenters. The van der Waals surface area contributed by atoms with E-state index in [0.29, 0.717) is 28.9 Å². The van der Waals surface area contributed by atoms with E-state index in [9.17, 15) is 0 Å². The van der Waals surface area contributed by atoms with Gasteiger partial charge in [-0.05, 0) is 6.07 Å². The normalized spacial score (nSPS) is 9.94. The predicted octanol–water partition coefficient (Wildman–Crippen LogP) is 3.10. The molecule has 1 aromatic carbocycles. The summed E-state index contributed by atoms with van der Waals surface area (Å²) in [5.41, 5.74) is 0. The fraction of sp³-hybridized carbons (Fsp3) is 0.231. The Morgan fingerprint density at radius 1 is 0.944 bits per heavy atom. The molecule has 0 amide bonds. The van der Waals surface area contributed by atoms with Gasteiger partial charge in [0.15, 0.2) is 11.5 Å². The summed E-state index contributed by atoms with van der Waals surface area (Å²) in [4.78, 5) is 0. The lowest BCUT2D eigenvalue weighted by molar-refractivity contribution is 0.313. The van der Waals surface area contributed by atoms with E-state index in [1.54, 1.807) is 45.6 Å². The molecule has 1 heterocycles. The van der Waals surface area contributed by atoms with E-state index >= 15 is 0 Å². The molecule has 0 fully saturated rings. The minimum absolute atomic E-state index is 0.393. The number of hydrogen-bond donors (Lipinski definition) is 0. The molecule has 0 spiro atoms. The zero-order chi connectivity index (χ0) is 13.0. The van der Waals surface area contributed by atoms with Crippen molar-refractivity contribution in [1.29, 1.82) is 0 Å². The van der Waals surface area contributed by atoms with E-state index in [1.807, 2.05) is 0 Å². The maximum atomic E-state index is 5.52. The summed E-state index contributed by atoms with van der Waals surface area (Å²) in [5, 5.41) is 0. The summed E-state index contributed by atoms with van der Waals surface area (Å²) in [6.07, 6.45) is 1.54. The first-order valence-electron chi connectivity index (χ1n) is 5.30. The number of rotatable bonds is 5. The van der Waals surface area contributed by atoms with E-state index in [-0.39, 0.29) is 0 Å². The van der Waals surface area contributed by atoms with Gasteiger partial charge in [0.25, 0.3) is 5.95 Å². The molecule has 1 aromatic heterocycles. The first kappa shape index (κ1) is 12.2. The van der Waals surface area contributed by atoms with Gasteiger partial charge >= 0.3 is 0 Å². The molecule has 0 bridgehead atoms. The zero-order valence-electron chi connectivity index (χ0n) is 10.4. The minimum Gasteiger partial charge on any atom is -0.493 e. The number of methoxy groups -OCH3 is 3. The fourth-order valence-electron chi connectivity index (χ4n) is 1.55. The molecule has 0 N–H and O–H groups in total. The highest BCUT2D eigenvalue weighted by Gasteiger charge is 2.14. The lowest BCUT2D eigenvalue weighted by Crippen LogP contribution is -1.95. The highest BCUT2D eigenvalue weighted by atomic mass is 16.6. The number of furan rings is 1. The van der Waals surface area contributed by atoms with Crippen LogP contribution in [0.4, 0.5) is 0 Å². The van der Waals surface area contributed by atoms with Crippen molar-refractivity contribution in [2.45, 2.75) is 0 Å². The van der Waals surface area contributed by atoms with Gasteiger partial charge in [-0.3, -0.25) is 0 Å². The van der Waals surface area contributed by atoms with Crippen molar-refractivity contribution in [1.82, 2.24) is 0 Å². The highest BCUT2D eigenvalue weighted by Crippen LogP contribution is 2.41.